The summed E-state index contributed by atoms with van der Waals surface area (Å²) in [6, 6.07) is 6.40. The molecule has 0 saturated carbocycles. The van der Waals surface area contributed by atoms with Crippen LogP contribution in [0.15, 0.2) is 18.2 Å². The highest BCUT2D eigenvalue weighted by molar-refractivity contribution is 6.33. The van der Waals surface area contributed by atoms with Gasteiger partial charge in [-0.25, -0.2) is 0 Å². The van der Waals surface area contributed by atoms with E-state index in [0.717, 1.165) is 31.6 Å². The Labute approximate surface area is 131 Å². The summed E-state index contributed by atoms with van der Waals surface area (Å²) in [7, 11) is 0. The number of hydrogen-bond acceptors (Lipinski definition) is 3. The first-order valence-corrected chi connectivity index (χ1v) is 7.95. The molecule has 1 heterocycles. The van der Waals surface area contributed by atoms with Gasteiger partial charge in [-0.2, -0.15) is 0 Å². The Morgan fingerprint density at radius 2 is 2.14 bits per heavy atom. The highest BCUT2D eigenvalue weighted by atomic mass is 35.5. The predicted octanol–water partition coefficient (Wildman–Crippen LogP) is 3.11. The van der Waals surface area contributed by atoms with Crippen molar-refractivity contribution in [1.29, 1.82) is 0 Å². The maximum atomic E-state index is 11.3. The van der Waals surface area contributed by atoms with Crippen LogP contribution in [0, 0.1) is 0 Å². The average Bonchev–Trinajstić information content (AvgIpc) is 2.66. The number of halogens is 1. The summed E-state index contributed by atoms with van der Waals surface area (Å²) in [6.45, 7) is 6.74. The highest BCUT2D eigenvalue weighted by Gasteiger charge is 2.19. The molecular weight excluding hydrogens is 286 g/mol. The van der Waals surface area contributed by atoms with E-state index in [9.17, 15) is 4.79 Å². The number of benzene rings is 1. The number of amides is 1. The Morgan fingerprint density at radius 3 is 2.81 bits per heavy atom. The van der Waals surface area contributed by atoms with E-state index in [2.05, 4.69) is 24.1 Å². The van der Waals surface area contributed by atoms with Crippen molar-refractivity contribution in [2.24, 2.45) is 5.73 Å². The van der Waals surface area contributed by atoms with E-state index in [0.29, 0.717) is 22.7 Å². The van der Waals surface area contributed by atoms with E-state index in [1.165, 1.54) is 6.42 Å². The van der Waals surface area contributed by atoms with Gasteiger partial charge in [0.05, 0.1) is 10.6 Å². The summed E-state index contributed by atoms with van der Waals surface area (Å²) in [5.74, 6) is -0.490. The lowest BCUT2D eigenvalue weighted by Crippen LogP contribution is -2.32. The van der Waals surface area contributed by atoms with Gasteiger partial charge < -0.3 is 16.0 Å². The number of carbonyl (C=O) groups excluding carboxylic acids is 1. The minimum atomic E-state index is -0.490. The second-order valence-corrected chi connectivity index (χ2v) is 6.37. The third-order valence-corrected chi connectivity index (χ3v) is 4.43. The van der Waals surface area contributed by atoms with Crippen molar-refractivity contribution in [2.75, 3.05) is 18.4 Å². The molecule has 21 heavy (non-hydrogen) atoms. The fraction of sp³-hybridized carbons (Fsp3) is 0.562. The lowest BCUT2D eigenvalue weighted by molar-refractivity contribution is 0.100. The molecule has 1 aromatic carbocycles. The Morgan fingerprint density at radius 1 is 1.38 bits per heavy atom. The number of rotatable bonds is 4. The van der Waals surface area contributed by atoms with Gasteiger partial charge in [-0.05, 0) is 57.9 Å². The Bertz CT molecular complexity index is 504. The van der Waals surface area contributed by atoms with E-state index in [4.69, 9.17) is 17.3 Å². The summed E-state index contributed by atoms with van der Waals surface area (Å²) in [4.78, 5) is 13.9. The lowest BCUT2D eigenvalue weighted by atomic mass is 10.1. The molecule has 3 N–H and O–H groups in total. The molecule has 1 amide bonds. The van der Waals surface area contributed by atoms with Crippen molar-refractivity contribution in [1.82, 2.24) is 4.90 Å². The second kappa shape index (κ2) is 7.14. The van der Waals surface area contributed by atoms with E-state index < -0.39 is 5.91 Å². The molecule has 0 spiro atoms. The minimum Gasteiger partial charge on any atom is -0.382 e. The molecule has 116 valence electrons. The van der Waals surface area contributed by atoms with E-state index >= 15 is 0 Å². The van der Waals surface area contributed by atoms with Crippen molar-refractivity contribution < 1.29 is 4.79 Å². The quantitative estimate of drug-likeness (QED) is 0.898. The number of likely N-dealkylation sites (tertiary alicyclic amines) is 1. The third-order valence-electron chi connectivity index (χ3n) is 4.10. The first kappa shape index (κ1) is 16.1. The van der Waals surface area contributed by atoms with Crippen molar-refractivity contribution in [3.8, 4) is 0 Å². The van der Waals surface area contributed by atoms with Gasteiger partial charge in [-0.3, -0.25) is 4.79 Å². The SMILES string of the molecule is CC(C)N1CCCC(Nc2ccc(Cl)c(C(N)=O)c2)CC1. The summed E-state index contributed by atoms with van der Waals surface area (Å²) in [5.41, 5.74) is 6.62. The largest absolute Gasteiger partial charge is 0.382 e. The summed E-state index contributed by atoms with van der Waals surface area (Å²) in [6.07, 6.45) is 3.43. The molecule has 1 unspecified atom stereocenters. The number of carbonyl (C=O) groups is 1. The van der Waals surface area contributed by atoms with Crippen LogP contribution in [0.1, 0.15) is 43.5 Å². The maximum absolute atomic E-state index is 11.3. The fourth-order valence-electron chi connectivity index (χ4n) is 2.82. The smallest absolute Gasteiger partial charge is 0.250 e. The first-order chi connectivity index (χ1) is 9.97. The highest BCUT2D eigenvalue weighted by Crippen LogP contribution is 2.23. The number of nitrogens with zero attached hydrogens (tertiary/aromatic N) is 1. The molecule has 1 aromatic rings. The van der Waals surface area contributed by atoms with Gasteiger partial charge in [0.15, 0.2) is 0 Å². The maximum Gasteiger partial charge on any atom is 0.250 e. The van der Waals surface area contributed by atoms with Crippen LogP contribution in [-0.4, -0.2) is 36.0 Å². The predicted molar refractivity (Wildman–Crippen MR) is 87.9 cm³/mol. The molecule has 0 aromatic heterocycles. The van der Waals surface area contributed by atoms with E-state index in [1.54, 1.807) is 12.1 Å². The van der Waals surface area contributed by atoms with E-state index in [-0.39, 0.29) is 0 Å². The van der Waals surface area contributed by atoms with Crippen molar-refractivity contribution >= 4 is 23.2 Å². The molecule has 5 heteroatoms. The van der Waals surface area contributed by atoms with Gasteiger partial charge in [0.1, 0.15) is 0 Å². The second-order valence-electron chi connectivity index (χ2n) is 5.96. The van der Waals surface area contributed by atoms with Crippen LogP contribution in [0.2, 0.25) is 5.02 Å². The molecule has 4 nitrogen and oxygen atoms in total. The number of primary amides is 1. The van der Waals surface area contributed by atoms with Gasteiger partial charge >= 0.3 is 0 Å². The van der Waals surface area contributed by atoms with Gasteiger partial charge in [-0.15, -0.1) is 0 Å². The van der Waals surface area contributed by atoms with Crippen LogP contribution >= 0.6 is 11.6 Å². The Hall–Kier alpha value is -1.26. The summed E-state index contributed by atoms with van der Waals surface area (Å²) >= 11 is 5.98. The topological polar surface area (TPSA) is 58.4 Å². The zero-order chi connectivity index (χ0) is 15.4. The fourth-order valence-corrected chi connectivity index (χ4v) is 3.03. The molecule has 0 aliphatic carbocycles. The number of nitrogens with two attached hydrogens (primary N) is 1. The Kier molecular flexibility index (Phi) is 5.48. The minimum absolute atomic E-state index is 0.374. The monoisotopic (exact) mass is 309 g/mol. The zero-order valence-corrected chi connectivity index (χ0v) is 13.5. The molecule has 1 atom stereocenters. The van der Waals surface area contributed by atoms with Gasteiger partial charge in [0, 0.05) is 24.3 Å². The normalized spacial score (nSPS) is 20.3. The molecule has 1 aliphatic heterocycles. The third kappa shape index (κ3) is 4.35. The van der Waals surface area contributed by atoms with Crippen LogP contribution in [0.3, 0.4) is 0 Å². The van der Waals surface area contributed by atoms with Crippen LogP contribution in [-0.2, 0) is 0 Å². The molecule has 1 saturated heterocycles. The number of hydrogen-bond donors (Lipinski definition) is 2. The van der Waals surface area contributed by atoms with Crippen LogP contribution in [0.4, 0.5) is 5.69 Å². The molecule has 1 aliphatic rings. The van der Waals surface area contributed by atoms with Gasteiger partial charge in [0.2, 0.25) is 5.91 Å². The molecule has 1 fully saturated rings. The van der Waals surface area contributed by atoms with E-state index in [1.807, 2.05) is 6.07 Å². The van der Waals surface area contributed by atoms with Gasteiger partial charge in [-0.1, -0.05) is 11.6 Å². The molecular formula is C16H24ClN3O. The lowest BCUT2D eigenvalue weighted by Gasteiger charge is -2.24. The summed E-state index contributed by atoms with van der Waals surface area (Å²) < 4.78 is 0. The van der Waals surface area contributed by atoms with Crippen molar-refractivity contribution in [3.05, 3.63) is 28.8 Å². The molecule has 0 bridgehead atoms. The molecule has 0 radical (unpaired) electrons. The zero-order valence-electron chi connectivity index (χ0n) is 12.7. The van der Waals surface area contributed by atoms with Crippen molar-refractivity contribution in [2.45, 2.75) is 45.2 Å². The van der Waals surface area contributed by atoms with Crippen LogP contribution in [0.25, 0.3) is 0 Å². The Balaban J connectivity index is 2.01. The van der Waals surface area contributed by atoms with Crippen molar-refractivity contribution in [3.63, 3.8) is 0 Å². The standard InChI is InChI=1S/C16H24ClN3O/c1-11(2)20-8-3-4-12(7-9-20)19-13-5-6-15(17)14(10-13)16(18)21/h5-6,10-12,19H,3-4,7-9H2,1-2H3,(H2,18,21). The first-order valence-electron chi connectivity index (χ1n) is 7.57. The number of anilines is 1. The van der Waals surface area contributed by atoms with Gasteiger partial charge in [0.25, 0.3) is 0 Å². The van der Waals surface area contributed by atoms with Crippen LogP contribution < -0.4 is 11.1 Å². The summed E-state index contributed by atoms with van der Waals surface area (Å²) in [5, 5.41) is 3.91. The molecule has 2 rings (SSSR count). The average molecular weight is 310 g/mol. The van der Waals surface area contributed by atoms with Crippen LogP contribution in [0.5, 0.6) is 0 Å². The number of nitrogens with one attached hydrogen (secondary N) is 1.